The van der Waals surface area contributed by atoms with Crippen molar-refractivity contribution in [2.45, 2.75) is 13.3 Å². The highest BCUT2D eigenvalue weighted by molar-refractivity contribution is 6.17. The maximum absolute atomic E-state index is 11.7. The Bertz CT molecular complexity index is 319. The predicted octanol–water partition coefficient (Wildman–Crippen LogP) is 2.67. The summed E-state index contributed by atoms with van der Waals surface area (Å²) >= 11 is 5.62. The lowest BCUT2D eigenvalue weighted by Crippen LogP contribution is -2.32. The van der Waals surface area contributed by atoms with Gasteiger partial charge in [-0.1, -0.05) is 0 Å². The number of ether oxygens (including phenoxy) is 1. The van der Waals surface area contributed by atoms with Crippen molar-refractivity contribution in [2.75, 3.05) is 23.9 Å². The first-order chi connectivity index (χ1) is 7.79. The number of rotatable bonds is 5. The Morgan fingerprint density at radius 3 is 3.00 bits per heavy atom. The van der Waals surface area contributed by atoms with Crippen molar-refractivity contribution in [1.82, 2.24) is 4.98 Å². The summed E-state index contributed by atoms with van der Waals surface area (Å²) < 4.78 is 4.97. The van der Waals surface area contributed by atoms with Gasteiger partial charge in [0.1, 0.15) is 0 Å². The van der Waals surface area contributed by atoms with Crippen LogP contribution in [0.1, 0.15) is 13.3 Å². The molecular weight excluding hydrogens is 228 g/mol. The van der Waals surface area contributed by atoms with Crippen LogP contribution in [0.5, 0.6) is 0 Å². The molecule has 0 bridgehead atoms. The maximum atomic E-state index is 11.7. The van der Waals surface area contributed by atoms with Crippen molar-refractivity contribution in [2.24, 2.45) is 0 Å². The molecule has 0 atom stereocenters. The molecular formula is C11H15ClN2O2. The smallest absolute Gasteiger partial charge is 0.414 e. The molecule has 0 spiro atoms. The van der Waals surface area contributed by atoms with E-state index in [-0.39, 0.29) is 6.09 Å². The molecule has 0 unspecified atom stereocenters. The molecule has 0 N–H and O–H groups in total. The van der Waals surface area contributed by atoms with E-state index >= 15 is 0 Å². The van der Waals surface area contributed by atoms with E-state index < -0.39 is 0 Å². The number of pyridine rings is 1. The van der Waals surface area contributed by atoms with Gasteiger partial charge in [0.05, 0.1) is 18.5 Å². The summed E-state index contributed by atoms with van der Waals surface area (Å²) in [6, 6.07) is 3.60. The van der Waals surface area contributed by atoms with Crippen molar-refractivity contribution in [1.29, 1.82) is 0 Å². The van der Waals surface area contributed by atoms with E-state index in [0.717, 1.165) is 12.1 Å². The monoisotopic (exact) mass is 242 g/mol. The highest BCUT2D eigenvalue weighted by Gasteiger charge is 2.15. The molecule has 0 aliphatic rings. The summed E-state index contributed by atoms with van der Waals surface area (Å²) in [4.78, 5) is 17.2. The number of hydrogen-bond donors (Lipinski definition) is 0. The standard InChI is InChI=1S/C11H15ClN2O2/c1-2-16-11(15)14(8-4-6-12)10-5-3-7-13-9-10/h3,5,7,9H,2,4,6,8H2,1H3. The third-order valence-electron chi connectivity index (χ3n) is 1.96. The SMILES string of the molecule is CCOC(=O)N(CCCCl)c1cccnc1. The van der Waals surface area contributed by atoms with Crippen LogP contribution in [0.4, 0.5) is 10.5 Å². The van der Waals surface area contributed by atoms with E-state index in [9.17, 15) is 4.79 Å². The third kappa shape index (κ3) is 3.70. The van der Waals surface area contributed by atoms with Gasteiger partial charge in [-0.2, -0.15) is 0 Å². The normalized spacial score (nSPS) is 9.88. The summed E-state index contributed by atoms with van der Waals surface area (Å²) in [5, 5.41) is 0. The van der Waals surface area contributed by atoms with Crippen LogP contribution < -0.4 is 4.90 Å². The van der Waals surface area contributed by atoms with E-state index in [0.29, 0.717) is 19.0 Å². The lowest BCUT2D eigenvalue weighted by Gasteiger charge is -2.20. The summed E-state index contributed by atoms with van der Waals surface area (Å²) in [5.74, 6) is 0.510. The minimum absolute atomic E-state index is 0.358. The average Bonchev–Trinajstić information content (AvgIpc) is 2.31. The van der Waals surface area contributed by atoms with Crippen LogP contribution in [-0.4, -0.2) is 30.1 Å². The number of carbonyl (C=O) groups is 1. The van der Waals surface area contributed by atoms with Gasteiger partial charge in [0.15, 0.2) is 0 Å². The highest BCUT2D eigenvalue weighted by atomic mass is 35.5. The second kappa shape index (κ2) is 7.06. The van der Waals surface area contributed by atoms with E-state index in [1.807, 2.05) is 6.07 Å². The maximum Gasteiger partial charge on any atom is 0.414 e. The Morgan fingerprint density at radius 1 is 1.62 bits per heavy atom. The second-order valence-corrected chi connectivity index (χ2v) is 3.48. The zero-order valence-corrected chi connectivity index (χ0v) is 9.98. The summed E-state index contributed by atoms with van der Waals surface area (Å²) in [7, 11) is 0. The van der Waals surface area contributed by atoms with Gasteiger partial charge in [0, 0.05) is 18.6 Å². The van der Waals surface area contributed by atoms with Crippen LogP contribution in [-0.2, 0) is 4.74 Å². The number of carbonyl (C=O) groups excluding carboxylic acids is 1. The molecule has 5 heteroatoms. The molecule has 88 valence electrons. The Morgan fingerprint density at radius 2 is 2.44 bits per heavy atom. The molecule has 0 saturated heterocycles. The highest BCUT2D eigenvalue weighted by Crippen LogP contribution is 2.13. The largest absolute Gasteiger partial charge is 0.449 e. The van der Waals surface area contributed by atoms with Crippen molar-refractivity contribution in [3.63, 3.8) is 0 Å². The fraction of sp³-hybridized carbons (Fsp3) is 0.455. The number of nitrogens with zero attached hydrogens (tertiary/aromatic N) is 2. The number of hydrogen-bond acceptors (Lipinski definition) is 3. The van der Waals surface area contributed by atoms with E-state index in [2.05, 4.69) is 4.98 Å². The zero-order valence-electron chi connectivity index (χ0n) is 9.23. The number of anilines is 1. The Kier molecular flexibility index (Phi) is 5.64. The van der Waals surface area contributed by atoms with Crippen LogP contribution >= 0.6 is 11.6 Å². The number of amides is 1. The first-order valence-corrected chi connectivity index (χ1v) is 5.73. The van der Waals surface area contributed by atoms with Gasteiger partial charge >= 0.3 is 6.09 Å². The molecule has 1 rings (SSSR count). The molecule has 0 aliphatic carbocycles. The van der Waals surface area contributed by atoms with Gasteiger partial charge in [0.2, 0.25) is 0 Å². The lowest BCUT2D eigenvalue weighted by atomic mass is 10.3. The van der Waals surface area contributed by atoms with Crippen LogP contribution in [0.3, 0.4) is 0 Å². The van der Waals surface area contributed by atoms with Crippen molar-refractivity contribution < 1.29 is 9.53 Å². The first-order valence-electron chi connectivity index (χ1n) is 5.20. The molecule has 0 aromatic carbocycles. The molecule has 1 aromatic heterocycles. The van der Waals surface area contributed by atoms with Crippen molar-refractivity contribution in [3.8, 4) is 0 Å². The molecule has 0 radical (unpaired) electrons. The van der Waals surface area contributed by atoms with Gasteiger partial charge in [-0.15, -0.1) is 11.6 Å². The molecule has 0 saturated carbocycles. The van der Waals surface area contributed by atoms with E-state index in [1.54, 1.807) is 30.3 Å². The van der Waals surface area contributed by atoms with E-state index in [4.69, 9.17) is 16.3 Å². The Hall–Kier alpha value is -1.29. The van der Waals surface area contributed by atoms with Gasteiger partial charge in [-0.25, -0.2) is 4.79 Å². The quantitative estimate of drug-likeness (QED) is 0.746. The molecule has 1 aromatic rings. The number of aromatic nitrogens is 1. The van der Waals surface area contributed by atoms with Gasteiger partial charge in [0.25, 0.3) is 0 Å². The molecule has 4 nitrogen and oxygen atoms in total. The second-order valence-electron chi connectivity index (χ2n) is 3.10. The topological polar surface area (TPSA) is 42.4 Å². The van der Waals surface area contributed by atoms with Crippen LogP contribution in [0, 0.1) is 0 Å². The molecule has 1 amide bonds. The van der Waals surface area contributed by atoms with Crippen molar-refractivity contribution >= 4 is 23.4 Å². The summed E-state index contributed by atoms with van der Waals surface area (Å²) in [5.41, 5.74) is 0.728. The van der Waals surface area contributed by atoms with Crippen LogP contribution in [0.25, 0.3) is 0 Å². The first kappa shape index (κ1) is 12.8. The molecule has 0 aliphatic heterocycles. The van der Waals surface area contributed by atoms with Crippen LogP contribution in [0.2, 0.25) is 0 Å². The lowest BCUT2D eigenvalue weighted by molar-refractivity contribution is 0.159. The molecule has 0 fully saturated rings. The van der Waals surface area contributed by atoms with Crippen LogP contribution in [0.15, 0.2) is 24.5 Å². The minimum atomic E-state index is -0.361. The Balaban J connectivity index is 2.74. The number of halogens is 1. The Labute approximate surface area is 100 Å². The number of alkyl halides is 1. The average molecular weight is 243 g/mol. The van der Waals surface area contributed by atoms with Gasteiger partial charge in [-0.05, 0) is 25.5 Å². The fourth-order valence-electron chi connectivity index (χ4n) is 1.26. The zero-order chi connectivity index (χ0) is 11.8. The van der Waals surface area contributed by atoms with Gasteiger partial charge in [-0.3, -0.25) is 9.88 Å². The summed E-state index contributed by atoms with van der Waals surface area (Å²) in [6.07, 6.45) is 3.65. The van der Waals surface area contributed by atoms with E-state index in [1.165, 1.54) is 0 Å². The predicted molar refractivity (Wildman–Crippen MR) is 63.9 cm³/mol. The fourth-order valence-corrected chi connectivity index (χ4v) is 1.38. The van der Waals surface area contributed by atoms with Crippen molar-refractivity contribution in [3.05, 3.63) is 24.5 Å². The summed E-state index contributed by atoms with van der Waals surface area (Å²) in [6.45, 7) is 2.67. The minimum Gasteiger partial charge on any atom is -0.449 e. The molecule has 1 heterocycles. The van der Waals surface area contributed by atoms with Gasteiger partial charge < -0.3 is 4.74 Å². The third-order valence-corrected chi connectivity index (χ3v) is 2.23. The molecule has 16 heavy (non-hydrogen) atoms.